The number of nitrogen functional groups attached to an aromatic ring is 2. The Hall–Kier alpha value is -5.19. The Kier molecular flexibility index (Phi) is 8.08. The van der Waals surface area contributed by atoms with E-state index >= 15 is 0 Å². The average molecular weight is 568 g/mol. The second-order valence-corrected chi connectivity index (χ2v) is 9.25. The molecule has 0 radical (unpaired) electrons. The van der Waals surface area contributed by atoms with Gasteiger partial charge in [0.1, 0.15) is 16.9 Å². The maximum atomic E-state index is 14.8. The van der Waals surface area contributed by atoms with Gasteiger partial charge in [-0.3, -0.25) is 9.59 Å². The standard InChI is InChI=1S/C29H25F3N4O4.CH4/c1-28(29(30,31)32,18-8-10-24(37)22(14-18)35-26(39)16-4-2-6-20(33)12-16)19-9-11-25(38)23(15-19)36-27(40)17-5-3-7-21(34)13-17;/h2-15,37-38H,33-34H2,1H3,(H,35,39)(H,36,40);1H4/i;1D. The van der Waals surface area contributed by atoms with E-state index in [0.717, 1.165) is 43.3 Å². The second kappa shape index (κ2) is 11.5. The molecule has 214 valence electrons. The number of aromatic hydroxyl groups is 2. The van der Waals surface area contributed by atoms with Crippen molar-refractivity contribution in [3.8, 4) is 11.5 Å². The number of hydrogen-bond acceptors (Lipinski definition) is 6. The molecule has 2 amide bonds. The second-order valence-electron chi connectivity index (χ2n) is 9.25. The minimum Gasteiger partial charge on any atom is -0.506 e. The van der Waals surface area contributed by atoms with Crippen LogP contribution >= 0.6 is 0 Å². The van der Waals surface area contributed by atoms with Crippen LogP contribution in [0.4, 0.5) is 35.9 Å². The van der Waals surface area contributed by atoms with Gasteiger partial charge in [0.2, 0.25) is 0 Å². The van der Waals surface area contributed by atoms with E-state index in [1.165, 1.54) is 43.8 Å². The molecule has 0 saturated carbocycles. The molecule has 8 N–H and O–H groups in total. The quantitative estimate of drug-likeness (QED) is 0.119. The highest BCUT2D eigenvalue weighted by atomic mass is 19.4. The third-order valence-electron chi connectivity index (χ3n) is 6.51. The normalized spacial score (nSPS) is 11.5. The number of halogens is 3. The molecular formula is C30H29F3N4O4. The summed E-state index contributed by atoms with van der Waals surface area (Å²) >= 11 is 0. The summed E-state index contributed by atoms with van der Waals surface area (Å²) in [5.41, 5.74) is 8.46. The molecule has 0 atom stereocenters. The third-order valence-corrected chi connectivity index (χ3v) is 6.51. The summed E-state index contributed by atoms with van der Waals surface area (Å²) in [7, 11) is 1.25. The molecule has 0 spiro atoms. The molecule has 0 unspecified atom stereocenters. The van der Waals surface area contributed by atoms with Gasteiger partial charge in [-0.25, -0.2) is 0 Å². The van der Waals surface area contributed by atoms with Crippen LogP contribution in [0.15, 0.2) is 84.9 Å². The molecule has 0 heterocycles. The summed E-state index contributed by atoms with van der Waals surface area (Å²) < 4.78 is 50.0. The Bertz CT molecular complexity index is 1500. The van der Waals surface area contributed by atoms with Crippen molar-refractivity contribution < 1.29 is 34.3 Å². The number of rotatable bonds is 6. The van der Waals surface area contributed by atoms with Gasteiger partial charge >= 0.3 is 6.18 Å². The predicted molar refractivity (Wildman–Crippen MR) is 153 cm³/mol. The smallest absolute Gasteiger partial charge is 0.402 e. The Morgan fingerprint density at radius 2 is 1.12 bits per heavy atom. The highest BCUT2D eigenvalue weighted by Crippen LogP contribution is 2.48. The number of amides is 2. The number of hydrogen-bond donors (Lipinski definition) is 6. The van der Waals surface area contributed by atoms with Crippen LogP contribution in [0.3, 0.4) is 0 Å². The van der Waals surface area contributed by atoms with Crippen molar-refractivity contribution in [1.82, 2.24) is 0 Å². The number of benzene rings is 4. The van der Waals surface area contributed by atoms with E-state index in [1.54, 1.807) is 12.1 Å². The lowest BCUT2D eigenvalue weighted by atomic mass is 9.75. The lowest BCUT2D eigenvalue weighted by Crippen LogP contribution is -2.40. The SMILES string of the molecule is CC(c1ccc(O)c(NC(=O)c2cccc(N)c2)c1)(c1ccc(O)c(NC(=O)c2cccc(N)c2)c1)C(F)(F)F.[2H]C. The van der Waals surface area contributed by atoms with Crippen molar-refractivity contribution in [3.05, 3.63) is 107 Å². The fourth-order valence-corrected chi connectivity index (χ4v) is 4.14. The monoisotopic (exact) mass is 567 g/mol. The number of anilines is 4. The molecule has 0 aliphatic heterocycles. The number of phenols is 2. The Morgan fingerprint density at radius 1 is 0.732 bits per heavy atom. The summed E-state index contributed by atoms with van der Waals surface area (Å²) in [4.78, 5) is 25.4. The van der Waals surface area contributed by atoms with Crippen LogP contribution in [0.1, 0.15) is 47.5 Å². The topological polar surface area (TPSA) is 151 Å². The molecule has 0 bridgehead atoms. The van der Waals surface area contributed by atoms with E-state index in [9.17, 15) is 33.0 Å². The van der Waals surface area contributed by atoms with Crippen LogP contribution in [0.5, 0.6) is 11.5 Å². The zero-order valence-electron chi connectivity index (χ0n) is 23.1. The minimum absolute atomic E-state index is 0.141. The number of carbonyl (C=O) groups excluding carboxylic acids is 2. The summed E-state index contributed by atoms with van der Waals surface area (Å²) in [6.45, 7) is 0.915. The molecule has 0 aliphatic carbocycles. The summed E-state index contributed by atoms with van der Waals surface area (Å²) in [5, 5.41) is 25.5. The number of alkyl halides is 3. The maximum absolute atomic E-state index is 14.8. The molecule has 4 aromatic carbocycles. The van der Waals surface area contributed by atoms with Crippen LogP contribution in [-0.2, 0) is 5.41 Å². The van der Waals surface area contributed by atoms with Crippen LogP contribution in [-0.4, -0.2) is 28.2 Å². The van der Waals surface area contributed by atoms with Gasteiger partial charge in [0.15, 0.2) is 0 Å². The highest BCUT2D eigenvalue weighted by molar-refractivity contribution is 6.06. The molecule has 0 saturated heterocycles. The number of nitrogens with two attached hydrogens (primary N) is 2. The molecule has 11 heteroatoms. The van der Waals surface area contributed by atoms with Gasteiger partial charge in [0.25, 0.3) is 11.8 Å². The van der Waals surface area contributed by atoms with Crippen molar-refractivity contribution >= 4 is 34.6 Å². The molecule has 8 nitrogen and oxygen atoms in total. The Morgan fingerprint density at radius 3 is 1.46 bits per heavy atom. The zero-order valence-corrected chi connectivity index (χ0v) is 22.1. The first kappa shape index (κ1) is 28.8. The summed E-state index contributed by atoms with van der Waals surface area (Å²) in [6, 6.07) is 18.2. The van der Waals surface area contributed by atoms with Crippen molar-refractivity contribution in [3.63, 3.8) is 0 Å². The van der Waals surface area contributed by atoms with Crippen LogP contribution < -0.4 is 22.1 Å². The van der Waals surface area contributed by atoms with Crippen molar-refractivity contribution in [2.45, 2.75) is 25.9 Å². The van der Waals surface area contributed by atoms with Gasteiger partial charge < -0.3 is 32.3 Å². The predicted octanol–water partition coefficient (Wildman–Crippen LogP) is 6.27. The van der Waals surface area contributed by atoms with Crippen LogP contribution in [0.25, 0.3) is 0 Å². The lowest BCUT2D eigenvalue weighted by Gasteiger charge is -2.34. The van der Waals surface area contributed by atoms with E-state index in [-0.39, 0.29) is 33.6 Å². The summed E-state index contributed by atoms with van der Waals surface area (Å²) in [6.07, 6.45) is -4.88. The third kappa shape index (κ3) is 6.19. The van der Waals surface area contributed by atoms with Crippen molar-refractivity contribution in [1.29, 1.82) is 0 Å². The van der Waals surface area contributed by atoms with Gasteiger partial charge in [0.05, 0.1) is 11.4 Å². The molecule has 4 aromatic rings. The highest BCUT2D eigenvalue weighted by Gasteiger charge is 2.54. The number of nitrogens with one attached hydrogen (secondary N) is 2. The Balaban J connectivity index is 0.00000237. The van der Waals surface area contributed by atoms with E-state index in [1.807, 2.05) is 0 Å². The fraction of sp³-hybridized carbons (Fsp3) is 0.133. The number of carbonyl (C=O) groups is 2. The zero-order chi connectivity index (χ0) is 31.2. The van der Waals surface area contributed by atoms with Crippen molar-refractivity contribution in [2.24, 2.45) is 0 Å². The fourth-order valence-electron chi connectivity index (χ4n) is 4.14. The molecule has 4 rings (SSSR count). The van der Waals surface area contributed by atoms with Crippen LogP contribution in [0.2, 0.25) is 0 Å². The minimum atomic E-state index is -4.88. The van der Waals surface area contributed by atoms with Gasteiger partial charge in [-0.05, 0) is 78.7 Å². The summed E-state index contributed by atoms with van der Waals surface area (Å²) in [5.74, 6) is -2.29. The molecule has 0 aliphatic rings. The van der Waals surface area contributed by atoms with Gasteiger partial charge in [0, 0.05) is 23.9 Å². The van der Waals surface area contributed by atoms with E-state index in [2.05, 4.69) is 10.6 Å². The van der Waals surface area contributed by atoms with E-state index < -0.39 is 34.9 Å². The Labute approximate surface area is 235 Å². The molecule has 41 heavy (non-hydrogen) atoms. The molecule has 0 fully saturated rings. The average Bonchev–Trinajstić information content (AvgIpc) is 2.95. The van der Waals surface area contributed by atoms with Gasteiger partial charge in [-0.2, -0.15) is 13.2 Å². The molecule has 0 aromatic heterocycles. The first-order valence-corrected chi connectivity index (χ1v) is 11.9. The first-order valence-electron chi connectivity index (χ1n) is 12.9. The molecular weight excluding hydrogens is 537 g/mol. The van der Waals surface area contributed by atoms with Gasteiger partial charge in [-0.15, -0.1) is 0 Å². The first-order chi connectivity index (χ1) is 19.8. The van der Waals surface area contributed by atoms with Gasteiger partial charge in [-0.1, -0.05) is 31.7 Å². The van der Waals surface area contributed by atoms with Crippen molar-refractivity contribution in [2.75, 3.05) is 22.1 Å². The van der Waals surface area contributed by atoms with E-state index in [4.69, 9.17) is 12.8 Å². The lowest BCUT2D eigenvalue weighted by molar-refractivity contribution is -0.173. The number of phenolic OH excluding ortho intramolecular Hbond substituents is 2. The van der Waals surface area contributed by atoms with E-state index in [0.29, 0.717) is 11.4 Å². The maximum Gasteiger partial charge on any atom is 0.402 e. The largest absolute Gasteiger partial charge is 0.506 e. The van der Waals surface area contributed by atoms with Crippen LogP contribution in [0, 0.1) is 0 Å².